The van der Waals surface area contributed by atoms with Crippen LogP contribution in [0.2, 0.25) is 5.02 Å². The van der Waals surface area contributed by atoms with Crippen molar-refractivity contribution in [1.29, 1.82) is 0 Å². The monoisotopic (exact) mass is 469 g/mol. The first-order chi connectivity index (χ1) is 15.8. The number of hydrogen-bond donors (Lipinski definition) is 1. The molecule has 1 N–H and O–H groups in total. The van der Waals surface area contributed by atoms with Gasteiger partial charge in [0.2, 0.25) is 0 Å². The summed E-state index contributed by atoms with van der Waals surface area (Å²) >= 11 is 6.23. The Hall–Kier alpha value is -3.77. The number of para-hydroxylation sites is 1. The number of carbonyl (C=O) groups is 1. The maximum atomic E-state index is 13.1. The number of alkyl halides is 2. The number of benzene rings is 1. The predicted molar refractivity (Wildman–Crippen MR) is 120 cm³/mol. The molecule has 10 heteroatoms. The summed E-state index contributed by atoms with van der Waals surface area (Å²) in [7, 11) is 3.18. The first-order valence-electron chi connectivity index (χ1n) is 9.85. The Balaban J connectivity index is 1.75. The van der Waals surface area contributed by atoms with Gasteiger partial charge in [0.15, 0.2) is 5.75 Å². The molecule has 0 saturated carbocycles. The Bertz CT molecular complexity index is 1290. The fourth-order valence-corrected chi connectivity index (χ4v) is 3.94. The molecule has 3 heterocycles. The Kier molecular flexibility index (Phi) is 6.11. The van der Waals surface area contributed by atoms with Gasteiger partial charge in [0.1, 0.15) is 5.69 Å². The van der Waals surface area contributed by atoms with Gasteiger partial charge in [-0.3, -0.25) is 9.78 Å². The Morgan fingerprint density at radius 1 is 1.24 bits per heavy atom. The van der Waals surface area contributed by atoms with E-state index in [2.05, 4.69) is 20.1 Å². The summed E-state index contributed by atoms with van der Waals surface area (Å²) in [5.74, 6) is -0.0844. The average Bonchev–Trinajstić information content (AvgIpc) is 3.07. The van der Waals surface area contributed by atoms with E-state index >= 15 is 0 Å². The number of methoxy groups -OCH3 is 1. The third-order valence-electron chi connectivity index (χ3n) is 5.20. The van der Waals surface area contributed by atoms with Crippen molar-refractivity contribution >= 4 is 34.7 Å². The van der Waals surface area contributed by atoms with Gasteiger partial charge >= 0.3 is 0 Å². The molecule has 1 aliphatic heterocycles. The number of amides is 1. The molecule has 3 aromatic rings. The van der Waals surface area contributed by atoms with Crippen molar-refractivity contribution in [3.8, 4) is 5.75 Å². The molecule has 0 saturated heterocycles. The van der Waals surface area contributed by atoms with Gasteiger partial charge in [0, 0.05) is 12.6 Å². The number of hydrogen-bond acceptors (Lipinski definition) is 5. The SMILES string of the molecule is [C-]#[N+]c1nc(Cc2cc(Nc3cccc(Cl)c3OC)c3c(n2)CN(C)C3=O)ccc1C(F)F. The normalized spacial score (nSPS) is 12.6. The quantitative estimate of drug-likeness (QED) is 0.479. The Labute approximate surface area is 193 Å². The number of halogens is 3. The Morgan fingerprint density at radius 3 is 2.73 bits per heavy atom. The number of nitrogens with one attached hydrogen (secondary N) is 1. The summed E-state index contributed by atoms with van der Waals surface area (Å²) in [5, 5.41) is 3.63. The van der Waals surface area contributed by atoms with Crippen LogP contribution in [0.25, 0.3) is 4.85 Å². The van der Waals surface area contributed by atoms with Crippen LogP contribution in [-0.4, -0.2) is 34.9 Å². The van der Waals surface area contributed by atoms with Crippen molar-refractivity contribution in [2.45, 2.75) is 19.4 Å². The highest BCUT2D eigenvalue weighted by atomic mass is 35.5. The van der Waals surface area contributed by atoms with Crippen molar-refractivity contribution in [3.05, 3.63) is 81.0 Å². The molecule has 0 fully saturated rings. The Morgan fingerprint density at radius 2 is 2.03 bits per heavy atom. The maximum Gasteiger partial charge on any atom is 0.278 e. The standard InChI is InChI=1S/C23H18ClF2N5O2/c1-27-22-14(21(25)26)8-7-12(29-22)9-13-10-17(19-18(28-13)11-31(2)23(19)32)30-16-6-4-5-15(24)20(16)33-3/h4-8,10,21H,9,11H2,2-3H3,(H,28,30). The molecule has 0 aliphatic carbocycles. The van der Waals surface area contributed by atoms with Gasteiger partial charge in [-0.05, 0) is 24.3 Å². The van der Waals surface area contributed by atoms with Gasteiger partial charge in [0.05, 0.1) is 53.4 Å². The predicted octanol–water partition coefficient (Wildman–Crippen LogP) is 5.55. The van der Waals surface area contributed by atoms with Crippen LogP contribution < -0.4 is 10.1 Å². The highest BCUT2D eigenvalue weighted by molar-refractivity contribution is 6.32. The lowest BCUT2D eigenvalue weighted by atomic mass is 10.1. The zero-order chi connectivity index (χ0) is 23.7. The van der Waals surface area contributed by atoms with Crippen molar-refractivity contribution in [2.75, 3.05) is 19.5 Å². The molecule has 0 atom stereocenters. The molecule has 0 unspecified atom stereocenters. The second kappa shape index (κ2) is 9.00. The first-order valence-corrected chi connectivity index (χ1v) is 10.2. The number of anilines is 2. The van der Waals surface area contributed by atoms with Gasteiger partial charge in [0.25, 0.3) is 18.2 Å². The van der Waals surface area contributed by atoms with E-state index in [1.54, 1.807) is 36.2 Å². The van der Waals surface area contributed by atoms with E-state index in [-0.39, 0.29) is 18.1 Å². The lowest BCUT2D eigenvalue weighted by molar-refractivity contribution is 0.0817. The molecule has 33 heavy (non-hydrogen) atoms. The van der Waals surface area contributed by atoms with E-state index in [1.807, 2.05) is 0 Å². The summed E-state index contributed by atoms with van der Waals surface area (Å²) in [6.45, 7) is 7.48. The molecule has 2 aromatic heterocycles. The summed E-state index contributed by atoms with van der Waals surface area (Å²) in [6.07, 6.45) is -2.59. The fraction of sp³-hybridized carbons (Fsp3) is 0.217. The highest BCUT2D eigenvalue weighted by Gasteiger charge is 2.30. The van der Waals surface area contributed by atoms with Crippen molar-refractivity contribution < 1.29 is 18.3 Å². The highest BCUT2D eigenvalue weighted by Crippen LogP contribution is 2.37. The summed E-state index contributed by atoms with van der Waals surface area (Å²) in [4.78, 5) is 26.1. The lowest BCUT2D eigenvalue weighted by Crippen LogP contribution is -2.18. The molecule has 0 bridgehead atoms. The maximum absolute atomic E-state index is 13.1. The van der Waals surface area contributed by atoms with Gasteiger partial charge in [-0.2, -0.15) is 0 Å². The lowest BCUT2D eigenvalue weighted by Gasteiger charge is -2.15. The zero-order valence-electron chi connectivity index (χ0n) is 17.7. The van der Waals surface area contributed by atoms with Crippen LogP contribution in [0.3, 0.4) is 0 Å². The smallest absolute Gasteiger partial charge is 0.278 e. The number of carbonyl (C=O) groups excluding carboxylic acids is 1. The van der Waals surface area contributed by atoms with E-state index in [0.29, 0.717) is 51.3 Å². The van der Waals surface area contributed by atoms with Gasteiger partial charge in [-0.25, -0.2) is 8.78 Å². The third-order valence-corrected chi connectivity index (χ3v) is 5.50. The molecule has 168 valence electrons. The van der Waals surface area contributed by atoms with Crippen LogP contribution in [0.4, 0.5) is 26.0 Å². The van der Waals surface area contributed by atoms with Crippen LogP contribution in [0, 0.1) is 6.57 Å². The van der Waals surface area contributed by atoms with Crippen molar-refractivity contribution in [2.24, 2.45) is 0 Å². The first kappa shape index (κ1) is 22.4. The molecular weight excluding hydrogens is 452 g/mol. The number of fused-ring (bicyclic) bond motifs is 1. The van der Waals surface area contributed by atoms with Gasteiger partial charge in [-0.15, -0.1) is 4.98 Å². The van der Waals surface area contributed by atoms with E-state index < -0.39 is 12.0 Å². The third kappa shape index (κ3) is 4.30. The van der Waals surface area contributed by atoms with Gasteiger partial charge < -0.3 is 19.8 Å². The van der Waals surface area contributed by atoms with Crippen LogP contribution in [0.15, 0.2) is 36.4 Å². The number of ether oxygens (including phenoxy) is 1. The van der Waals surface area contributed by atoms with Crippen LogP contribution in [-0.2, 0) is 13.0 Å². The van der Waals surface area contributed by atoms with E-state index in [9.17, 15) is 13.6 Å². The number of pyridine rings is 2. The number of aromatic nitrogens is 2. The summed E-state index contributed by atoms with van der Waals surface area (Å²) < 4.78 is 31.6. The topological polar surface area (TPSA) is 71.7 Å². The van der Waals surface area contributed by atoms with Crippen molar-refractivity contribution in [1.82, 2.24) is 14.9 Å². The average molecular weight is 470 g/mol. The van der Waals surface area contributed by atoms with Crippen LogP contribution >= 0.6 is 11.6 Å². The number of nitrogens with zero attached hydrogens (tertiary/aromatic N) is 4. The minimum atomic E-state index is -2.78. The second-order valence-corrected chi connectivity index (χ2v) is 7.80. The minimum absolute atomic E-state index is 0.178. The van der Waals surface area contributed by atoms with Gasteiger partial charge in [-0.1, -0.05) is 30.3 Å². The van der Waals surface area contributed by atoms with E-state index in [1.165, 1.54) is 19.2 Å². The van der Waals surface area contributed by atoms with Crippen molar-refractivity contribution in [3.63, 3.8) is 0 Å². The largest absolute Gasteiger partial charge is 0.493 e. The second-order valence-electron chi connectivity index (χ2n) is 7.39. The minimum Gasteiger partial charge on any atom is -0.493 e. The molecule has 4 rings (SSSR count). The van der Waals surface area contributed by atoms with E-state index in [4.69, 9.17) is 22.9 Å². The summed E-state index contributed by atoms with van der Waals surface area (Å²) in [6, 6.07) is 9.58. The summed E-state index contributed by atoms with van der Waals surface area (Å²) in [5.41, 5.74) is 2.68. The van der Waals surface area contributed by atoms with Crippen LogP contribution in [0.1, 0.15) is 39.4 Å². The number of rotatable bonds is 6. The zero-order valence-corrected chi connectivity index (χ0v) is 18.5. The molecular formula is C23H18ClF2N5O2. The molecule has 7 nitrogen and oxygen atoms in total. The fourth-order valence-electron chi connectivity index (χ4n) is 3.69. The van der Waals surface area contributed by atoms with E-state index in [0.717, 1.165) is 0 Å². The molecule has 0 spiro atoms. The van der Waals surface area contributed by atoms with Crippen LogP contribution in [0.5, 0.6) is 5.75 Å². The molecule has 1 amide bonds. The molecule has 1 aliphatic rings. The molecule has 1 aromatic carbocycles. The molecule has 0 radical (unpaired) electrons.